The number of benzene rings is 3. The van der Waals surface area contributed by atoms with Gasteiger partial charge in [0.05, 0.1) is 39.8 Å². The van der Waals surface area contributed by atoms with Gasteiger partial charge < -0.3 is 9.47 Å². The lowest BCUT2D eigenvalue weighted by Gasteiger charge is -2.11. The number of halogens is 1. The van der Waals surface area contributed by atoms with Crippen molar-refractivity contribution in [3.8, 4) is 17.2 Å². The smallest absolute Gasteiger partial charge is 0.318 e. The highest BCUT2D eigenvalue weighted by Crippen LogP contribution is 2.38. The van der Waals surface area contributed by atoms with Crippen molar-refractivity contribution in [2.75, 3.05) is 7.11 Å². The van der Waals surface area contributed by atoms with E-state index < -0.39 is 27.1 Å². The Hall–Kier alpha value is -4.51. The van der Waals surface area contributed by atoms with E-state index in [4.69, 9.17) is 21.1 Å². The molecule has 3 aromatic carbocycles. The highest BCUT2D eigenvalue weighted by molar-refractivity contribution is 6.33. The summed E-state index contributed by atoms with van der Waals surface area (Å²) in [5.74, 6) is -0.345. The molecule has 33 heavy (non-hydrogen) atoms. The van der Waals surface area contributed by atoms with Crippen LogP contribution >= 0.6 is 11.6 Å². The number of non-ortho nitro benzene ring substituents is 1. The zero-order chi connectivity index (χ0) is 24.0. The van der Waals surface area contributed by atoms with E-state index >= 15 is 0 Å². The summed E-state index contributed by atoms with van der Waals surface area (Å²) >= 11 is 5.97. The first-order chi connectivity index (χ1) is 15.8. The van der Waals surface area contributed by atoms with Gasteiger partial charge in [-0.05, 0) is 42.0 Å². The van der Waals surface area contributed by atoms with Crippen LogP contribution in [0.3, 0.4) is 0 Å². The maximum Gasteiger partial charge on any atom is 0.318 e. The fourth-order valence-electron chi connectivity index (χ4n) is 2.69. The van der Waals surface area contributed by atoms with Crippen LogP contribution in [0.25, 0.3) is 0 Å². The largest absolute Gasteiger partial charge is 0.493 e. The number of amides is 1. The summed E-state index contributed by atoms with van der Waals surface area (Å²) in [7, 11) is 1.37. The predicted molar refractivity (Wildman–Crippen MR) is 119 cm³/mol. The lowest BCUT2D eigenvalue weighted by Crippen LogP contribution is -2.17. The van der Waals surface area contributed by atoms with Gasteiger partial charge in [-0.1, -0.05) is 23.7 Å². The molecule has 0 bridgehead atoms. The molecule has 0 aromatic heterocycles. The molecular weight excluding hydrogens is 456 g/mol. The molecule has 0 heterocycles. The monoisotopic (exact) mass is 470 g/mol. The van der Waals surface area contributed by atoms with Gasteiger partial charge in [-0.25, -0.2) is 5.43 Å². The number of nitro groups is 2. The predicted octanol–water partition coefficient (Wildman–Crippen LogP) is 4.72. The van der Waals surface area contributed by atoms with E-state index in [0.29, 0.717) is 5.56 Å². The molecular formula is C21H15ClN4O7. The van der Waals surface area contributed by atoms with E-state index in [0.717, 1.165) is 18.2 Å². The second-order valence-electron chi connectivity index (χ2n) is 6.36. The second-order valence-corrected chi connectivity index (χ2v) is 6.76. The van der Waals surface area contributed by atoms with E-state index in [-0.39, 0.29) is 27.8 Å². The Morgan fingerprint density at radius 3 is 2.39 bits per heavy atom. The highest BCUT2D eigenvalue weighted by Gasteiger charge is 2.22. The second kappa shape index (κ2) is 10.2. The number of nitrogens with one attached hydrogen (secondary N) is 1. The molecule has 0 saturated heterocycles. The third-order valence-electron chi connectivity index (χ3n) is 4.26. The first-order valence-electron chi connectivity index (χ1n) is 9.17. The molecule has 11 nitrogen and oxygen atoms in total. The highest BCUT2D eigenvalue weighted by atomic mass is 35.5. The Labute approximate surface area is 191 Å². The van der Waals surface area contributed by atoms with Crippen molar-refractivity contribution in [1.29, 1.82) is 0 Å². The number of ether oxygens (including phenoxy) is 2. The topological polar surface area (TPSA) is 146 Å². The van der Waals surface area contributed by atoms with Crippen molar-refractivity contribution < 1.29 is 24.1 Å². The van der Waals surface area contributed by atoms with E-state index in [2.05, 4.69) is 10.5 Å². The third kappa shape index (κ3) is 5.60. The lowest BCUT2D eigenvalue weighted by molar-refractivity contribution is -0.394. The molecule has 3 rings (SSSR count). The Bertz CT molecular complexity index is 1260. The number of hydrogen-bond acceptors (Lipinski definition) is 8. The molecule has 0 atom stereocenters. The number of nitrogens with zero attached hydrogens (tertiary/aromatic N) is 3. The van der Waals surface area contributed by atoms with E-state index in [1.807, 2.05) is 0 Å². The zero-order valence-corrected chi connectivity index (χ0v) is 17.7. The molecule has 0 spiro atoms. The van der Waals surface area contributed by atoms with Gasteiger partial charge in [0.1, 0.15) is 0 Å². The minimum atomic E-state index is -0.780. The van der Waals surface area contributed by atoms with Crippen LogP contribution in [0.2, 0.25) is 5.02 Å². The summed E-state index contributed by atoms with van der Waals surface area (Å²) in [4.78, 5) is 32.8. The fourth-order valence-corrected chi connectivity index (χ4v) is 2.91. The summed E-state index contributed by atoms with van der Waals surface area (Å²) < 4.78 is 10.8. The average Bonchev–Trinajstić information content (AvgIpc) is 2.80. The summed E-state index contributed by atoms with van der Waals surface area (Å²) in [5, 5.41) is 26.4. The summed E-state index contributed by atoms with van der Waals surface area (Å²) in [6.45, 7) is 0. The SMILES string of the molecule is COc1cc(C=NNC(=O)c2ccccc2Cl)ccc1Oc1ccc([N+](=O)[O-])cc1[N+](=O)[O-]. The third-order valence-corrected chi connectivity index (χ3v) is 4.59. The standard InChI is InChI=1S/C21H15ClN4O7/c1-32-20-10-13(12-23-24-21(27)15-4-2-3-5-16(15)22)6-8-19(20)33-18-9-7-14(25(28)29)11-17(18)26(30)31/h2-12H,1H3,(H,24,27). The molecule has 0 aliphatic heterocycles. The van der Waals surface area contributed by atoms with Crippen LogP contribution in [0, 0.1) is 20.2 Å². The summed E-state index contributed by atoms with van der Waals surface area (Å²) in [6, 6.07) is 14.1. The number of nitro benzene ring substituents is 2. The van der Waals surface area contributed by atoms with Gasteiger partial charge in [0, 0.05) is 6.07 Å². The molecule has 0 saturated carbocycles. The molecule has 1 N–H and O–H groups in total. The van der Waals surface area contributed by atoms with Crippen molar-refractivity contribution in [1.82, 2.24) is 5.43 Å². The van der Waals surface area contributed by atoms with E-state index in [9.17, 15) is 25.0 Å². The van der Waals surface area contributed by atoms with Crippen molar-refractivity contribution >= 4 is 35.1 Å². The van der Waals surface area contributed by atoms with Crippen LogP contribution in [-0.4, -0.2) is 29.1 Å². The number of methoxy groups -OCH3 is 1. The number of carbonyl (C=O) groups excluding carboxylic acids is 1. The first kappa shape index (κ1) is 23.2. The van der Waals surface area contributed by atoms with Crippen LogP contribution in [0.1, 0.15) is 15.9 Å². The molecule has 3 aromatic rings. The van der Waals surface area contributed by atoms with Gasteiger partial charge in [-0.2, -0.15) is 5.10 Å². The van der Waals surface area contributed by atoms with Crippen molar-refractivity contribution in [3.05, 3.63) is 97.0 Å². The molecule has 168 valence electrons. The van der Waals surface area contributed by atoms with Crippen LogP contribution in [-0.2, 0) is 0 Å². The van der Waals surface area contributed by atoms with Crippen LogP contribution in [0.4, 0.5) is 11.4 Å². The zero-order valence-electron chi connectivity index (χ0n) is 16.9. The fraction of sp³-hybridized carbons (Fsp3) is 0.0476. The summed E-state index contributed by atoms with van der Waals surface area (Å²) in [6.07, 6.45) is 1.36. The average molecular weight is 471 g/mol. The van der Waals surface area contributed by atoms with Crippen LogP contribution in [0.15, 0.2) is 65.8 Å². The number of rotatable bonds is 8. The molecule has 0 fully saturated rings. The van der Waals surface area contributed by atoms with E-state index in [1.54, 1.807) is 30.3 Å². The first-order valence-corrected chi connectivity index (χ1v) is 9.54. The Morgan fingerprint density at radius 1 is 1.00 bits per heavy atom. The molecule has 0 unspecified atom stereocenters. The van der Waals surface area contributed by atoms with Gasteiger partial charge >= 0.3 is 5.69 Å². The molecule has 0 aliphatic carbocycles. The molecule has 1 amide bonds. The number of hydrazone groups is 1. The Kier molecular flexibility index (Phi) is 7.16. The van der Waals surface area contributed by atoms with Crippen molar-refractivity contribution in [2.24, 2.45) is 5.10 Å². The Balaban J connectivity index is 1.78. The van der Waals surface area contributed by atoms with Crippen molar-refractivity contribution in [3.63, 3.8) is 0 Å². The number of carbonyl (C=O) groups is 1. The van der Waals surface area contributed by atoms with Gasteiger partial charge in [0.2, 0.25) is 5.75 Å². The molecule has 12 heteroatoms. The van der Waals surface area contributed by atoms with Crippen molar-refractivity contribution in [2.45, 2.75) is 0 Å². The Morgan fingerprint density at radius 2 is 1.73 bits per heavy atom. The minimum absolute atomic E-state index is 0.131. The minimum Gasteiger partial charge on any atom is -0.493 e. The quantitative estimate of drug-likeness (QED) is 0.284. The van der Waals surface area contributed by atoms with Crippen LogP contribution in [0.5, 0.6) is 17.2 Å². The van der Waals surface area contributed by atoms with Gasteiger partial charge in [0.25, 0.3) is 11.6 Å². The maximum absolute atomic E-state index is 12.1. The molecule has 0 aliphatic rings. The lowest BCUT2D eigenvalue weighted by atomic mass is 10.2. The number of hydrogen-bond donors (Lipinski definition) is 1. The van der Waals surface area contributed by atoms with E-state index in [1.165, 1.54) is 25.5 Å². The van der Waals surface area contributed by atoms with Gasteiger partial charge in [-0.3, -0.25) is 25.0 Å². The summed E-state index contributed by atoms with van der Waals surface area (Å²) in [5.41, 5.74) is 2.14. The molecule has 0 radical (unpaired) electrons. The normalized spacial score (nSPS) is 10.6. The van der Waals surface area contributed by atoms with Gasteiger partial charge in [-0.15, -0.1) is 0 Å². The van der Waals surface area contributed by atoms with Crippen LogP contribution < -0.4 is 14.9 Å². The van der Waals surface area contributed by atoms with Gasteiger partial charge in [0.15, 0.2) is 11.5 Å². The maximum atomic E-state index is 12.1.